The van der Waals surface area contributed by atoms with Gasteiger partial charge in [0.1, 0.15) is 11.6 Å². The van der Waals surface area contributed by atoms with Gasteiger partial charge in [0.05, 0.1) is 5.75 Å². The zero-order valence-corrected chi connectivity index (χ0v) is 14.4. The molecule has 0 spiro atoms. The number of anilines is 1. The molecule has 0 aliphatic heterocycles. The minimum atomic E-state index is -1.06. The van der Waals surface area contributed by atoms with E-state index in [1.807, 2.05) is 13.1 Å². The van der Waals surface area contributed by atoms with Gasteiger partial charge in [0.25, 0.3) is 0 Å². The van der Waals surface area contributed by atoms with Crippen molar-refractivity contribution in [2.75, 3.05) is 18.5 Å². The Morgan fingerprint density at radius 3 is 2.74 bits per heavy atom. The zero-order valence-electron chi connectivity index (χ0n) is 13.6. The molecule has 1 N–H and O–H groups in total. The first-order chi connectivity index (χ1) is 11.0. The molecular weight excluding hydrogens is 314 g/mol. The van der Waals surface area contributed by atoms with Crippen molar-refractivity contribution in [1.82, 2.24) is 9.97 Å². The molecule has 2 heterocycles. The van der Waals surface area contributed by atoms with Crippen LogP contribution in [0.3, 0.4) is 0 Å². The molecule has 2 rings (SSSR count). The number of hydrogen-bond donors (Lipinski definition) is 1. The normalized spacial score (nSPS) is 10.7. The van der Waals surface area contributed by atoms with E-state index >= 15 is 0 Å². The van der Waals surface area contributed by atoms with Crippen LogP contribution in [0.4, 0.5) is 5.82 Å². The fourth-order valence-corrected chi connectivity index (χ4v) is 2.82. The Labute approximate surface area is 139 Å². The summed E-state index contributed by atoms with van der Waals surface area (Å²) in [5.74, 6) is 0.895. The lowest BCUT2D eigenvalue weighted by Gasteiger charge is -2.18. The van der Waals surface area contributed by atoms with Crippen LogP contribution in [0, 0.1) is 0 Å². The van der Waals surface area contributed by atoms with Gasteiger partial charge in [0, 0.05) is 25.4 Å². The second-order valence-electron chi connectivity index (χ2n) is 5.13. The molecule has 124 valence electrons. The third-order valence-corrected chi connectivity index (χ3v) is 4.14. The van der Waals surface area contributed by atoms with Gasteiger partial charge in [0.2, 0.25) is 5.76 Å². The molecule has 0 aliphatic carbocycles. The van der Waals surface area contributed by atoms with E-state index in [4.69, 9.17) is 9.52 Å². The molecule has 0 aromatic carbocycles. The van der Waals surface area contributed by atoms with E-state index in [9.17, 15) is 4.79 Å². The van der Waals surface area contributed by atoms with Crippen molar-refractivity contribution in [2.45, 2.75) is 37.6 Å². The molecule has 0 bridgehead atoms. The van der Waals surface area contributed by atoms with Crippen molar-refractivity contribution in [3.05, 3.63) is 35.4 Å². The number of carbonyl (C=O) groups is 1. The van der Waals surface area contributed by atoms with Gasteiger partial charge >= 0.3 is 5.97 Å². The molecule has 0 atom stereocenters. The average Bonchev–Trinajstić information content (AvgIpc) is 3.02. The number of aromatic nitrogens is 2. The Hall–Kier alpha value is -2.02. The van der Waals surface area contributed by atoms with Crippen molar-refractivity contribution in [2.24, 2.45) is 0 Å². The Morgan fingerprint density at radius 2 is 2.13 bits per heavy atom. The van der Waals surface area contributed by atoms with E-state index in [1.165, 1.54) is 17.8 Å². The van der Waals surface area contributed by atoms with E-state index in [2.05, 4.69) is 28.7 Å². The second-order valence-corrected chi connectivity index (χ2v) is 6.08. The molecule has 23 heavy (non-hydrogen) atoms. The van der Waals surface area contributed by atoms with Crippen LogP contribution < -0.4 is 4.90 Å². The molecule has 0 unspecified atom stereocenters. The number of nitrogens with zero attached hydrogens (tertiary/aromatic N) is 3. The van der Waals surface area contributed by atoms with E-state index in [0.717, 1.165) is 30.9 Å². The molecule has 0 saturated heterocycles. The lowest BCUT2D eigenvalue weighted by Crippen LogP contribution is -2.19. The van der Waals surface area contributed by atoms with Crippen molar-refractivity contribution in [3.8, 4) is 0 Å². The van der Waals surface area contributed by atoms with Crippen LogP contribution in [-0.2, 0) is 12.2 Å². The maximum Gasteiger partial charge on any atom is 0.371 e. The monoisotopic (exact) mass is 335 g/mol. The summed E-state index contributed by atoms with van der Waals surface area (Å²) in [5, 5.41) is 9.55. The van der Waals surface area contributed by atoms with Crippen molar-refractivity contribution in [3.63, 3.8) is 0 Å². The number of carboxylic acid groups (broad SMARTS) is 1. The van der Waals surface area contributed by atoms with Crippen LogP contribution in [0.1, 0.15) is 42.3 Å². The topological polar surface area (TPSA) is 79.5 Å². The molecule has 0 radical (unpaired) electrons. The van der Waals surface area contributed by atoms with Gasteiger partial charge in [-0.1, -0.05) is 25.6 Å². The quantitative estimate of drug-likeness (QED) is 0.584. The molecule has 2 aromatic heterocycles. The molecule has 0 fully saturated rings. The van der Waals surface area contributed by atoms with Gasteiger partial charge in [0.15, 0.2) is 5.16 Å². The average molecular weight is 335 g/mol. The SMILES string of the molecule is CCCN(C)c1cc(CC)nc(SCc2ccc(C(=O)O)o2)n1. The first kappa shape index (κ1) is 17.3. The number of rotatable bonds is 8. The first-order valence-electron chi connectivity index (χ1n) is 7.57. The summed E-state index contributed by atoms with van der Waals surface area (Å²) in [7, 11) is 2.02. The third kappa shape index (κ3) is 4.72. The van der Waals surface area contributed by atoms with Gasteiger partial charge in [-0.15, -0.1) is 0 Å². The predicted molar refractivity (Wildman–Crippen MR) is 90.2 cm³/mol. The van der Waals surface area contributed by atoms with Crippen LogP contribution in [0.5, 0.6) is 0 Å². The zero-order chi connectivity index (χ0) is 16.8. The summed E-state index contributed by atoms with van der Waals surface area (Å²) < 4.78 is 5.25. The Balaban J connectivity index is 2.11. The third-order valence-electron chi connectivity index (χ3n) is 3.27. The van der Waals surface area contributed by atoms with E-state index in [1.54, 1.807) is 6.07 Å². The predicted octanol–water partition coefficient (Wildman–Crippen LogP) is 3.47. The summed E-state index contributed by atoms with van der Waals surface area (Å²) in [6.45, 7) is 5.13. The van der Waals surface area contributed by atoms with E-state index < -0.39 is 5.97 Å². The summed E-state index contributed by atoms with van der Waals surface area (Å²) >= 11 is 1.44. The number of aromatic carboxylic acids is 1. The Bertz CT molecular complexity index is 672. The highest BCUT2D eigenvalue weighted by Crippen LogP contribution is 2.24. The fourth-order valence-electron chi connectivity index (χ4n) is 2.06. The van der Waals surface area contributed by atoms with Crippen LogP contribution in [0.2, 0.25) is 0 Å². The summed E-state index contributed by atoms with van der Waals surface area (Å²) in [5.41, 5.74) is 0.992. The summed E-state index contributed by atoms with van der Waals surface area (Å²) in [6.07, 6.45) is 1.89. The Morgan fingerprint density at radius 1 is 1.35 bits per heavy atom. The molecule has 0 saturated carbocycles. The van der Waals surface area contributed by atoms with Gasteiger partial charge in [-0.25, -0.2) is 14.8 Å². The minimum Gasteiger partial charge on any atom is -0.475 e. The van der Waals surface area contributed by atoms with Crippen molar-refractivity contribution in [1.29, 1.82) is 0 Å². The molecule has 0 aliphatic rings. The molecule has 2 aromatic rings. The van der Waals surface area contributed by atoms with Crippen molar-refractivity contribution < 1.29 is 14.3 Å². The van der Waals surface area contributed by atoms with Gasteiger partial charge in [-0.05, 0) is 25.0 Å². The second kappa shape index (κ2) is 8.01. The van der Waals surface area contributed by atoms with Gasteiger partial charge in [-0.2, -0.15) is 0 Å². The van der Waals surface area contributed by atoms with Crippen LogP contribution in [0.15, 0.2) is 27.8 Å². The molecule has 6 nitrogen and oxygen atoms in total. The molecule has 7 heteroatoms. The highest BCUT2D eigenvalue weighted by atomic mass is 32.2. The number of hydrogen-bond acceptors (Lipinski definition) is 6. The number of furan rings is 1. The highest BCUT2D eigenvalue weighted by Gasteiger charge is 2.11. The maximum absolute atomic E-state index is 10.8. The number of aryl methyl sites for hydroxylation is 1. The van der Waals surface area contributed by atoms with E-state index in [0.29, 0.717) is 16.7 Å². The first-order valence-corrected chi connectivity index (χ1v) is 8.56. The van der Waals surface area contributed by atoms with E-state index in [-0.39, 0.29) is 5.76 Å². The number of carboxylic acids is 1. The van der Waals surface area contributed by atoms with Crippen LogP contribution in [-0.4, -0.2) is 34.6 Å². The lowest BCUT2D eigenvalue weighted by atomic mass is 10.3. The summed E-state index contributed by atoms with van der Waals surface area (Å²) in [4.78, 5) is 22.0. The largest absolute Gasteiger partial charge is 0.475 e. The standard InChI is InChI=1S/C16H21N3O3S/c1-4-8-19(3)14-9-11(5-2)17-16(18-14)23-10-12-6-7-13(22-12)15(20)21/h6-7,9H,4-5,8,10H2,1-3H3,(H,20,21). The summed E-state index contributed by atoms with van der Waals surface area (Å²) in [6, 6.07) is 5.14. The lowest BCUT2D eigenvalue weighted by molar-refractivity contribution is 0.0661. The molecular formula is C16H21N3O3S. The molecule has 0 amide bonds. The minimum absolute atomic E-state index is 0.0489. The fraction of sp³-hybridized carbons (Fsp3) is 0.438. The van der Waals surface area contributed by atoms with Gasteiger partial charge in [-0.3, -0.25) is 0 Å². The van der Waals surface area contributed by atoms with Crippen LogP contribution in [0.25, 0.3) is 0 Å². The maximum atomic E-state index is 10.8. The Kier molecular flexibility index (Phi) is 6.04. The van der Waals surface area contributed by atoms with Crippen molar-refractivity contribution >= 4 is 23.5 Å². The number of thioether (sulfide) groups is 1. The highest BCUT2D eigenvalue weighted by molar-refractivity contribution is 7.98. The smallest absolute Gasteiger partial charge is 0.371 e. The van der Waals surface area contributed by atoms with Crippen LogP contribution >= 0.6 is 11.8 Å². The van der Waals surface area contributed by atoms with Gasteiger partial charge < -0.3 is 14.4 Å².